The van der Waals surface area contributed by atoms with E-state index in [1.807, 2.05) is 0 Å². The summed E-state index contributed by atoms with van der Waals surface area (Å²) in [5.41, 5.74) is -6.13. The second-order valence-corrected chi connectivity index (χ2v) is 11.5. The minimum Gasteiger partial charge on any atom is -0.390 e. The average Bonchev–Trinajstić information content (AvgIpc) is 2.90. The molecule has 0 aromatic carbocycles. The number of phosphoric ester groups is 1. The fourth-order valence-corrected chi connectivity index (χ4v) is 8.54. The van der Waals surface area contributed by atoms with Crippen LogP contribution in [0.3, 0.4) is 0 Å². The SMILES string of the molecule is C[C@@H]1CC2[C@H]3CCC4=CC(=O)C=C[C@]4(C)[C@@]3(F)[C@@H](O)C[C@]2(C)[C@@]1(OP(=O)(O)O)C(=O)CO. The maximum Gasteiger partial charge on any atom is 0.470 e. The summed E-state index contributed by atoms with van der Waals surface area (Å²) in [5, 5.41) is 21.0. The van der Waals surface area contributed by atoms with Crippen LogP contribution in [0, 0.1) is 28.6 Å². The minimum atomic E-state index is -5.17. The van der Waals surface area contributed by atoms with Gasteiger partial charge in [0.15, 0.2) is 17.2 Å². The summed E-state index contributed by atoms with van der Waals surface area (Å²) in [5.74, 6) is -3.13. The largest absolute Gasteiger partial charge is 0.470 e. The maximum atomic E-state index is 17.1. The molecular formula is C22H30FO8P. The summed E-state index contributed by atoms with van der Waals surface area (Å²) in [4.78, 5) is 44.2. The molecule has 10 heteroatoms. The molecule has 0 saturated heterocycles. The summed E-state index contributed by atoms with van der Waals surface area (Å²) in [6.07, 6.45) is 3.34. The molecule has 178 valence electrons. The molecule has 3 fully saturated rings. The first-order chi connectivity index (χ1) is 14.7. The molecular weight excluding hydrogens is 442 g/mol. The van der Waals surface area contributed by atoms with Crippen LogP contribution in [0.15, 0.2) is 23.8 Å². The van der Waals surface area contributed by atoms with Gasteiger partial charge in [0, 0.05) is 16.7 Å². The highest BCUT2D eigenvalue weighted by Crippen LogP contribution is 2.72. The molecule has 4 rings (SSSR count). The molecule has 0 spiro atoms. The number of aliphatic hydroxyl groups excluding tert-OH is 2. The summed E-state index contributed by atoms with van der Waals surface area (Å²) in [6, 6.07) is 0. The highest BCUT2D eigenvalue weighted by Gasteiger charge is 2.77. The van der Waals surface area contributed by atoms with Gasteiger partial charge in [-0.15, -0.1) is 0 Å². The molecule has 0 radical (unpaired) electrons. The highest BCUT2D eigenvalue weighted by atomic mass is 31.2. The molecule has 0 amide bonds. The number of hydrogen-bond donors (Lipinski definition) is 4. The lowest BCUT2D eigenvalue weighted by Crippen LogP contribution is -2.69. The molecule has 4 aliphatic rings. The first kappa shape index (κ1) is 23.9. The number of phosphoric acid groups is 1. The number of fused-ring (bicyclic) bond motifs is 5. The number of carbonyl (C=O) groups excluding carboxylic acids is 2. The highest BCUT2D eigenvalue weighted by molar-refractivity contribution is 7.46. The van der Waals surface area contributed by atoms with E-state index < -0.39 is 66.2 Å². The first-order valence-electron chi connectivity index (χ1n) is 10.9. The van der Waals surface area contributed by atoms with Crippen molar-refractivity contribution in [3.8, 4) is 0 Å². The molecule has 4 N–H and O–H groups in total. The van der Waals surface area contributed by atoms with Crippen LogP contribution in [0.4, 0.5) is 4.39 Å². The van der Waals surface area contributed by atoms with Gasteiger partial charge in [-0.05, 0) is 56.6 Å². The Bertz CT molecular complexity index is 973. The molecule has 0 bridgehead atoms. The van der Waals surface area contributed by atoms with Crippen molar-refractivity contribution in [1.82, 2.24) is 0 Å². The minimum absolute atomic E-state index is 0.230. The molecule has 0 aromatic rings. The molecule has 1 unspecified atom stereocenters. The smallest absolute Gasteiger partial charge is 0.390 e. The Balaban J connectivity index is 1.87. The van der Waals surface area contributed by atoms with Crippen LogP contribution < -0.4 is 0 Å². The lowest BCUT2D eigenvalue weighted by atomic mass is 9.44. The monoisotopic (exact) mass is 472 g/mol. The Hall–Kier alpha value is -1.22. The van der Waals surface area contributed by atoms with E-state index in [0.717, 1.165) is 0 Å². The van der Waals surface area contributed by atoms with Crippen LogP contribution in [0.1, 0.15) is 46.5 Å². The van der Waals surface area contributed by atoms with E-state index in [2.05, 4.69) is 0 Å². The van der Waals surface area contributed by atoms with E-state index in [-0.39, 0.29) is 18.6 Å². The van der Waals surface area contributed by atoms with Crippen LogP contribution in [-0.4, -0.2) is 55.5 Å². The predicted octanol–water partition coefficient (Wildman–Crippen LogP) is 2.01. The Morgan fingerprint density at radius 2 is 1.97 bits per heavy atom. The van der Waals surface area contributed by atoms with Gasteiger partial charge in [0.2, 0.25) is 0 Å². The summed E-state index contributed by atoms with van der Waals surface area (Å²) >= 11 is 0. The fourth-order valence-electron chi connectivity index (χ4n) is 7.67. The molecule has 3 saturated carbocycles. The van der Waals surface area contributed by atoms with Gasteiger partial charge in [0.1, 0.15) is 12.2 Å². The molecule has 32 heavy (non-hydrogen) atoms. The number of allylic oxidation sites excluding steroid dienone is 4. The lowest BCUT2D eigenvalue weighted by molar-refractivity contribution is -0.217. The van der Waals surface area contributed by atoms with Crippen LogP contribution in [-0.2, 0) is 18.7 Å². The van der Waals surface area contributed by atoms with Crippen molar-refractivity contribution in [3.05, 3.63) is 23.8 Å². The van der Waals surface area contributed by atoms with Gasteiger partial charge < -0.3 is 20.0 Å². The maximum absolute atomic E-state index is 17.1. The normalized spacial score (nSPS) is 48.0. The Morgan fingerprint density at radius 3 is 2.56 bits per heavy atom. The molecule has 0 heterocycles. The van der Waals surface area contributed by atoms with Gasteiger partial charge in [0.05, 0.1) is 6.10 Å². The second kappa shape index (κ2) is 7.14. The quantitative estimate of drug-likeness (QED) is 0.456. The topological polar surface area (TPSA) is 141 Å². The standard InChI is InChI=1S/C22H30FO8P/c1-12-8-16-15-5-4-13-9-14(25)6-7-19(13,2)21(15,23)17(26)10-20(16,3)22(12,18(27)11-24)31-32(28,29)30/h6-7,9,12,15-17,24,26H,4-5,8,10-11H2,1-3H3,(H2,28,29,30)/t12-,15-,16?,17+,19+,20+,21+,22+/m1/s1. The van der Waals surface area contributed by atoms with Crippen LogP contribution in [0.5, 0.6) is 0 Å². The molecule has 4 aliphatic carbocycles. The van der Waals surface area contributed by atoms with Gasteiger partial charge in [-0.1, -0.05) is 25.5 Å². The Morgan fingerprint density at radius 1 is 1.31 bits per heavy atom. The van der Waals surface area contributed by atoms with E-state index in [9.17, 15) is 34.2 Å². The summed E-state index contributed by atoms with van der Waals surface area (Å²) in [6.45, 7) is 3.87. The van der Waals surface area contributed by atoms with Crippen LogP contribution in [0.2, 0.25) is 0 Å². The summed E-state index contributed by atoms with van der Waals surface area (Å²) in [7, 11) is -5.17. The number of ketones is 2. The van der Waals surface area contributed by atoms with Crippen LogP contribution >= 0.6 is 7.82 Å². The van der Waals surface area contributed by atoms with E-state index in [1.54, 1.807) is 20.8 Å². The van der Waals surface area contributed by atoms with E-state index in [0.29, 0.717) is 18.4 Å². The van der Waals surface area contributed by atoms with Crippen molar-refractivity contribution in [1.29, 1.82) is 0 Å². The van der Waals surface area contributed by atoms with E-state index >= 15 is 4.39 Å². The van der Waals surface area contributed by atoms with Gasteiger partial charge in [-0.25, -0.2) is 8.96 Å². The molecule has 0 aromatic heterocycles. The number of rotatable bonds is 4. The number of halogens is 1. The first-order valence-corrected chi connectivity index (χ1v) is 12.4. The van der Waals surface area contributed by atoms with E-state index in [4.69, 9.17) is 4.52 Å². The van der Waals surface area contributed by atoms with Crippen molar-refractivity contribution in [2.45, 2.75) is 63.8 Å². The molecule has 8 nitrogen and oxygen atoms in total. The zero-order valence-corrected chi connectivity index (χ0v) is 19.2. The number of aliphatic hydroxyl groups is 2. The van der Waals surface area contributed by atoms with Crippen molar-refractivity contribution < 1.29 is 43.1 Å². The molecule has 8 atom stereocenters. The number of hydrogen-bond acceptors (Lipinski definition) is 6. The average molecular weight is 472 g/mol. The number of Topliss-reactive ketones (excluding diaryl/α,β-unsaturated/α-hetero) is 1. The second-order valence-electron chi connectivity index (χ2n) is 10.3. The van der Waals surface area contributed by atoms with Crippen molar-refractivity contribution in [2.24, 2.45) is 28.6 Å². The third-order valence-electron chi connectivity index (χ3n) is 9.00. The van der Waals surface area contributed by atoms with Crippen molar-refractivity contribution in [2.75, 3.05) is 6.61 Å². The Kier molecular flexibility index (Phi) is 5.34. The van der Waals surface area contributed by atoms with Crippen LogP contribution in [0.25, 0.3) is 0 Å². The lowest BCUT2D eigenvalue weighted by Gasteiger charge is -2.63. The van der Waals surface area contributed by atoms with Gasteiger partial charge >= 0.3 is 7.82 Å². The zero-order chi connectivity index (χ0) is 23.9. The van der Waals surface area contributed by atoms with Gasteiger partial charge in [-0.2, -0.15) is 0 Å². The van der Waals surface area contributed by atoms with Crippen molar-refractivity contribution >= 4 is 19.4 Å². The molecule has 0 aliphatic heterocycles. The summed E-state index contributed by atoms with van der Waals surface area (Å²) < 4.78 is 34.2. The van der Waals surface area contributed by atoms with Gasteiger partial charge in [-0.3, -0.25) is 14.1 Å². The van der Waals surface area contributed by atoms with E-state index in [1.165, 1.54) is 18.2 Å². The fraction of sp³-hybridized carbons (Fsp3) is 0.727. The predicted molar refractivity (Wildman–Crippen MR) is 111 cm³/mol. The zero-order valence-electron chi connectivity index (χ0n) is 18.3. The Labute approximate surface area is 185 Å². The number of carbonyl (C=O) groups is 2. The number of alkyl halides is 1. The van der Waals surface area contributed by atoms with Gasteiger partial charge in [0.25, 0.3) is 0 Å². The third kappa shape index (κ3) is 2.82. The van der Waals surface area contributed by atoms with Crippen molar-refractivity contribution in [3.63, 3.8) is 0 Å². The third-order valence-corrected chi connectivity index (χ3v) is 9.53.